The quantitative estimate of drug-likeness (QED) is 0.240. The van der Waals surface area contributed by atoms with E-state index < -0.39 is 0 Å². The fourth-order valence-corrected chi connectivity index (χ4v) is 4.58. The van der Waals surface area contributed by atoms with Gasteiger partial charge in [0.1, 0.15) is 11.5 Å². The van der Waals surface area contributed by atoms with Gasteiger partial charge in [-0.05, 0) is 62.2 Å². The van der Waals surface area contributed by atoms with Gasteiger partial charge in [-0.15, -0.1) is 0 Å². The minimum Gasteiger partial charge on any atom is -0.494 e. The van der Waals surface area contributed by atoms with Crippen LogP contribution in [-0.2, 0) is 6.54 Å². The van der Waals surface area contributed by atoms with Crippen molar-refractivity contribution in [1.29, 1.82) is 0 Å². The molecule has 0 N–H and O–H groups in total. The Morgan fingerprint density at radius 2 is 1.88 bits per heavy atom. The normalized spacial score (nSPS) is 11.0. The molecular formula is C26H30N4O3S. The number of carbonyl (C=O) groups excluding carboxylic acids is 1. The highest BCUT2D eigenvalue weighted by molar-refractivity contribution is 7.22. The van der Waals surface area contributed by atoms with Crippen LogP contribution < -0.4 is 14.4 Å². The Bertz CT molecular complexity index is 1190. The van der Waals surface area contributed by atoms with Crippen molar-refractivity contribution in [1.82, 2.24) is 14.5 Å². The van der Waals surface area contributed by atoms with Gasteiger partial charge in [0, 0.05) is 31.0 Å². The minimum absolute atomic E-state index is 0.0742. The summed E-state index contributed by atoms with van der Waals surface area (Å²) in [5.41, 5.74) is 1.47. The fourth-order valence-electron chi connectivity index (χ4n) is 3.56. The number of ether oxygens (including phenoxy) is 2. The lowest BCUT2D eigenvalue weighted by atomic mass is 10.2. The van der Waals surface area contributed by atoms with Crippen molar-refractivity contribution >= 4 is 32.6 Å². The van der Waals surface area contributed by atoms with Crippen molar-refractivity contribution in [3.8, 4) is 11.5 Å². The molecule has 0 radical (unpaired) electrons. The van der Waals surface area contributed by atoms with E-state index in [1.165, 1.54) is 11.3 Å². The number of anilines is 1. The van der Waals surface area contributed by atoms with E-state index in [1.807, 2.05) is 60.2 Å². The van der Waals surface area contributed by atoms with Crippen molar-refractivity contribution in [2.75, 3.05) is 24.7 Å². The number of nitrogens with zero attached hydrogens (tertiary/aromatic N) is 4. The number of hydrogen-bond acceptors (Lipinski definition) is 6. The molecule has 0 saturated heterocycles. The van der Waals surface area contributed by atoms with Crippen molar-refractivity contribution < 1.29 is 14.3 Å². The summed E-state index contributed by atoms with van der Waals surface area (Å²) in [4.78, 5) is 24.2. The van der Waals surface area contributed by atoms with Crippen molar-refractivity contribution in [3.05, 3.63) is 66.7 Å². The number of amides is 1. The third-order valence-electron chi connectivity index (χ3n) is 5.36. The van der Waals surface area contributed by atoms with E-state index in [2.05, 4.69) is 11.9 Å². The number of carbonyl (C=O) groups is 1. The Morgan fingerprint density at radius 1 is 1.06 bits per heavy atom. The summed E-state index contributed by atoms with van der Waals surface area (Å²) in [6, 6.07) is 13.2. The lowest BCUT2D eigenvalue weighted by Gasteiger charge is -2.20. The molecule has 2 aromatic heterocycles. The second-order valence-corrected chi connectivity index (χ2v) is 8.91. The van der Waals surface area contributed by atoms with E-state index in [9.17, 15) is 4.79 Å². The van der Waals surface area contributed by atoms with Gasteiger partial charge in [-0.1, -0.05) is 24.7 Å². The smallest absolute Gasteiger partial charge is 0.260 e. The van der Waals surface area contributed by atoms with E-state index in [0.29, 0.717) is 30.5 Å². The van der Waals surface area contributed by atoms with Crippen LogP contribution in [0.25, 0.3) is 10.2 Å². The average molecular weight is 479 g/mol. The van der Waals surface area contributed by atoms with E-state index >= 15 is 0 Å². The number of unbranched alkanes of at least 4 members (excludes halogenated alkanes) is 1. The summed E-state index contributed by atoms with van der Waals surface area (Å²) >= 11 is 1.50. The molecule has 1 amide bonds. The Labute approximate surface area is 204 Å². The Balaban J connectivity index is 1.55. The molecule has 0 aliphatic carbocycles. The second kappa shape index (κ2) is 11.7. The molecule has 0 bridgehead atoms. The molecule has 2 aromatic carbocycles. The Morgan fingerprint density at radius 3 is 2.62 bits per heavy atom. The first kappa shape index (κ1) is 23.8. The predicted molar refractivity (Wildman–Crippen MR) is 136 cm³/mol. The second-order valence-electron chi connectivity index (χ2n) is 7.90. The number of aromatic nitrogens is 3. The third-order valence-corrected chi connectivity index (χ3v) is 6.40. The molecule has 4 rings (SSSR count). The Kier molecular flexibility index (Phi) is 8.14. The first-order valence-electron chi connectivity index (χ1n) is 11.7. The van der Waals surface area contributed by atoms with Gasteiger partial charge in [0.15, 0.2) is 5.13 Å². The summed E-state index contributed by atoms with van der Waals surface area (Å²) in [5, 5.41) is 0.683. The molecule has 8 heteroatoms. The van der Waals surface area contributed by atoms with Crippen LogP contribution in [0.3, 0.4) is 0 Å². The lowest BCUT2D eigenvalue weighted by Crippen LogP contribution is -2.32. The van der Waals surface area contributed by atoms with Crippen molar-refractivity contribution in [2.24, 2.45) is 0 Å². The molecule has 0 fully saturated rings. The summed E-state index contributed by atoms with van der Waals surface area (Å²) in [5.74, 6) is 1.51. The molecule has 178 valence electrons. The minimum atomic E-state index is -0.0742. The highest BCUT2D eigenvalue weighted by Crippen LogP contribution is 2.32. The zero-order valence-corrected chi connectivity index (χ0v) is 20.5. The van der Waals surface area contributed by atoms with Gasteiger partial charge >= 0.3 is 0 Å². The van der Waals surface area contributed by atoms with Gasteiger partial charge in [-0.25, -0.2) is 9.97 Å². The number of fused-ring (bicyclic) bond motifs is 1. The topological polar surface area (TPSA) is 69.5 Å². The molecule has 2 heterocycles. The molecule has 0 unspecified atom stereocenters. The van der Waals surface area contributed by atoms with Crippen LogP contribution in [-0.4, -0.2) is 40.2 Å². The number of rotatable bonds is 12. The number of thiazole rings is 1. The molecule has 0 aliphatic rings. The first-order chi connectivity index (χ1) is 16.7. The zero-order valence-electron chi connectivity index (χ0n) is 19.6. The maximum Gasteiger partial charge on any atom is 0.260 e. The number of imidazole rings is 1. The van der Waals surface area contributed by atoms with Crippen molar-refractivity contribution in [3.63, 3.8) is 0 Å². The molecule has 0 aliphatic heterocycles. The van der Waals surface area contributed by atoms with Gasteiger partial charge in [-0.2, -0.15) is 0 Å². The fraction of sp³-hybridized carbons (Fsp3) is 0.346. The van der Waals surface area contributed by atoms with Gasteiger partial charge in [0.2, 0.25) is 0 Å². The van der Waals surface area contributed by atoms with Crippen LogP contribution in [0.1, 0.15) is 43.5 Å². The van der Waals surface area contributed by atoms with Crippen LogP contribution in [0.4, 0.5) is 5.13 Å². The first-order valence-corrected chi connectivity index (χ1v) is 12.5. The predicted octanol–water partition coefficient (Wildman–Crippen LogP) is 5.81. The molecule has 4 aromatic rings. The zero-order chi connectivity index (χ0) is 23.8. The standard InChI is InChI=1S/C26H30N4O3S/c1-3-5-17-33-21-9-7-20(8-10-21)25(31)30(15-6-14-29-16-13-27-19-29)26-28-23-12-11-22(32-4-2)18-24(23)34-26/h7-13,16,18-19H,3-6,14-15,17H2,1-2H3. The van der Waals surface area contributed by atoms with Crippen LogP contribution in [0.2, 0.25) is 0 Å². The maximum atomic E-state index is 13.6. The molecule has 0 atom stereocenters. The highest BCUT2D eigenvalue weighted by atomic mass is 32.1. The maximum absolute atomic E-state index is 13.6. The van der Waals surface area contributed by atoms with E-state index in [4.69, 9.17) is 14.5 Å². The van der Waals surface area contributed by atoms with Gasteiger partial charge in [0.25, 0.3) is 5.91 Å². The number of hydrogen-bond donors (Lipinski definition) is 0. The van der Waals surface area contributed by atoms with Gasteiger partial charge in [0.05, 0.1) is 29.8 Å². The summed E-state index contributed by atoms with van der Waals surface area (Å²) in [6.07, 6.45) is 8.34. The van der Waals surface area contributed by atoms with Crippen LogP contribution in [0.5, 0.6) is 11.5 Å². The lowest BCUT2D eigenvalue weighted by molar-refractivity contribution is 0.0986. The van der Waals surface area contributed by atoms with Gasteiger partial charge < -0.3 is 14.0 Å². The highest BCUT2D eigenvalue weighted by Gasteiger charge is 2.21. The van der Waals surface area contributed by atoms with Crippen molar-refractivity contribution in [2.45, 2.75) is 39.7 Å². The van der Waals surface area contributed by atoms with Crippen LogP contribution >= 0.6 is 11.3 Å². The van der Waals surface area contributed by atoms with E-state index in [1.54, 1.807) is 17.4 Å². The Hall–Kier alpha value is -3.39. The molecule has 0 saturated carbocycles. The summed E-state index contributed by atoms with van der Waals surface area (Å²) in [7, 11) is 0. The molecule has 7 nitrogen and oxygen atoms in total. The number of aryl methyl sites for hydroxylation is 1. The molecular weight excluding hydrogens is 448 g/mol. The van der Waals surface area contributed by atoms with Crippen LogP contribution in [0.15, 0.2) is 61.2 Å². The van der Waals surface area contributed by atoms with E-state index in [0.717, 1.165) is 47.5 Å². The number of benzene rings is 2. The molecule has 0 spiro atoms. The van der Waals surface area contributed by atoms with Crippen LogP contribution in [0, 0.1) is 0 Å². The van der Waals surface area contributed by atoms with Gasteiger partial charge in [-0.3, -0.25) is 9.69 Å². The molecule has 34 heavy (non-hydrogen) atoms. The van der Waals surface area contributed by atoms with E-state index in [-0.39, 0.29) is 5.91 Å². The average Bonchev–Trinajstić information content (AvgIpc) is 3.52. The SMILES string of the molecule is CCCCOc1ccc(C(=O)N(CCCn2ccnc2)c2nc3ccc(OCC)cc3s2)cc1. The summed E-state index contributed by atoms with van der Waals surface area (Å²) in [6.45, 7) is 6.69. The largest absolute Gasteiger partial charge is 0.494 e. The third kappa shape index (κ3) is 5.94. The summed E-state index contributed by atoms with van der Waals surface area (Å²) < 4.78 is 14.4. The monoisotopic (exact) mass is 478 g/mol.